The summed E-state index contributed by atoms with van der Waals surface area (Å²) in [5, 5.41) is 9.21. The number of piperidine rings is 1. The van der Waals surface area contributed by atoms with Gasteiger partial charge >= 0.3 is 0 Å². The van der Waals surface area contributed by atoms with Crippen LogP contribution >= 0.6 is 0 Å². The summed E-state index contributed by atoms with van der Waals surface area (Å²) in [4.78, 5) is 4.77. The summed E-state index contributed by atoms with van der Waals surface area (Å²) in [5.74, 6) is 0.861. The molecule has 0 spiro atoms. The monoisotopic (exact) mass is 214 g/mol. The summed E-state index contributed by atoms with van der Waals surface area (Å²) in [6.07, 6.45) is 3.39. The van der Waals surface area contributed by atoms with E-state index in [9.17, 15) is 5.11 Å². The quantitative estimate of drug-likeness (QED) is 0.740. The summed E-state index contributed by atoms with van der Waals surface area (Å²) >= 11 is 0. The molecule has 3 nitrogen and oxygen atoms in total. The maximum absolute atomic E-state index is 9.21. The molecule has 1 aliphatic rings. The summed E-state index contributed by atoms with van der Waals surface area (Å²) < 4.78 is 0. The Hall–Kier alpha value is -0.120. The number of hydrogen-bond acceptors (Lipinski definition) is 3. The van der Waals surface area contributed by atoms with Crippen LogP contribution in [0.25, 0.3) is 0 Å². The van der Waals surface area contributed by atoms with Gasteiger partial charge in [0.1, 0.15) is 0 Å². The smallest absolute Gasteiger partial charge is 0.0524 e. The Balaban J connectivity index is 2.12. The summed E-state index contributed by atoms with van der Waals surface area (Å²) in [5.41, 5.74) is 0. The molecule has 0 saturated carbocycles. The maximum atomic E-state index is 9.21. The zero-order valence-electron chi connectivity index (χ0n) is 10.4. The van der Waals surface area contributed by atoms with Gasteiger partial charge in [0.05, 0.1) is 6.10 Å². The van der Waals surface area contributed by atoms with Crippen molar-refractivity contribution in [3.63, 3.8) is 0 Å². The van der Waals surface area contributed by atoms with Crippen molar-refractivity contribution in [3.8, 4) is 0 Å². The molecule has 1 heterocycles. The topological polar surface area (TPSA) is 26.7 Å². The average molecular weight is 214 g/mol. The van der Waals surface area contributed by atoms with Crippen LogP contribution in [0.15, 0.2) is 0 Å². The lowest BCUT2D eigenvalue weighted by Gasteiger charge is -2.31. The van der Waals surface area contributed by atoms with Gasteiger partial charge in [-0.1, -0.05) is 0 Å². The Bertz CT molecular complexity index is 165. The molecule has 1 atom stereocenters. The highest BCUT2D eigenvalue weighted by Crippen LogP contribution is 2.16. The van der Waals surface area contributed by atoms with Crippen LogP contribution in [0.5, 0.6) is 0 Å². The lowest BCUT2D eigenvalue weighted by Crippen LogP contribution is -2.36. The second-order valence-corrected chi connectivity index (χ2v) is 5.15. The summed E-state index contributed by atoms with van der Waals surface area (Å²) in [6, 6.07) is 0. The van der Waals surface area contributed by atoms with E-state index < -0.39 is 0 Å². The SMILES string of the molecule is CC(O)CCN(C)CC1CCN(C)CC1. The van der Waals surface area contributed by atoms with E-state index in [4.69, 9.17) is 0 Å². The molecular weight excluding hydrogens is 188 g/mol. The number of aliphatic hydroxyl groups is 1. The van der Waals surface area contributed by atoms with Crippen molar-refractivity contribution in [1.29, 1.82) is 0 Å². The minimum absolute atomic E-state index is 0.162. The lowest BCUT2D eigenvalue weighted by atomic mass is 9.96. The van der Waals surface area contributed by atoms with Crippen LogP contribution < -0.4 is 0 Å². The molecule has 1 fully saturated rings. The highest BCUT2D eigenvalue weighted by Gasteiger charge is 2.17. The standard InChI is InChI=1S/C12H26N2O/c1-11(15)4-7-14(3)10-12-5-8-13(2)9-6-12/h11-12,15H,4-10H2,1-3H3. The van der Waals surface area contributed by atoms with E-state index in [0.29, 0.717) is 0 Å². The Kier molecular flexibility index (Phi) is 5.58. The van der Waals surface area contributed by atoms with Crippen LogP contribution in [0.1, 0.15) is 26.2 Å². The highest BCUT2D eigenvalue weighted by atomic mass is 16.3. The van der Waals surface area contributed by atoms with Crippen LogP contribution in [-0.4, -0.2) is 61.3 Å². The molecule has 1 saturated heterocycles. The molecule has 0 radical (unpaired) electrons. The summed E-state index contributed by atoms with van der Waals surface area (Å²) in [6.45, 7) is 6.57. The van der Waals surface area contributed by atoms with Gasteiger partial charge in [0.15, 0.2) is 0 Å². The predicted octanol–water partition coefficient (Wildman–Crippen LogP) is 1.03. The molecular formula is C12H26N2O. The van der Waals surface area contributed by atoms with Crippen LogP contribution in [0, 0.1) is 5.92 Å². The van der Waals surface area contributed by atoms with Crippen molar-refractivity contribution >= 4 is 0 Å². The van der Waals surface area contributed by atoms with Gasteiger partial charge in [0.25, 0.3) is 0 Å². The maximum Gasteiger partial charge on any atom is 0.0524 e. The zero-order chi connectivity index (χ0) is 11.3. The molecule has 1 unspecified atom stereocenters. The fourth-order valence-electron chi connectivity index (χ4n) is 2.18. The molecule has 15 heavy (non-hydrogen) atoms. The molecule has 1 rings (SSSR count). The van der Waals surface area contributed by atoms with Crippen molar-refractivity contribution in [3.05, 3.63) is 0 Å². The van der Waals surface area contributed by atoms with Crippen molar-refractivity contribution in [2.24, 2.45) is 5.92 Å². The van der Waals surface area contributed by atoms with E-state index in [0.717, 1.165) is 18.9 Å². The van der Waals surface area contributed by atoms with Gasteiger partial charge in [0, 0.05) is 13.1 Å². The number of rotatable bonds is 5. The molecule has 0 aliphatic carbocycles. The van der Waals surface area contributed by atoms with Crippen molar-refractivity contribution < 1.29 is 5.11 Å². The third-order valence-corrected chi connectivity index (χ3v) is 3.34. The van der Waals surface area contributed by atoms with Crippen molar-refractivity contribution in [2.45, 2.75) is 32.3 Å². The molecule has 0 aromatic carbocycles. The zero-order valence-corrected chi connectivity index (χ0v) is 10.4. The number of likely N-dealkylation sites (tertiary alicyclic amines) is 1. The third-order valence-electron chi connectivity index (χ3n) is 3.34. The summed E-state index contributed by atoms with van der Waals surface area (Å²) in [7, 11) is 4.37. The number of aliphatic hydroxyl groups excluding tert-OH is 1. The average Bonchev–Trinajstić information content (AvgIpc) is 2.19. The molecule has 0 amide bonds. The first-order valence-electron chi connectivity index (χ1n) is 6.13. The molecule has 0 aromatic heterocycles. The van der Waals surface area contributed by atoms with E-state index in [2.05, 4.69) is 23.9 Å². The number of nitrogens with zero attached hydrogens (tertiary/aromatic N) is 2. The number of hydrogen-bond donors (Lipinski definition) is 1. The highest BCUT2D eigenvalue weighted by molar-refractivity contribution is 4.72. The first-order chi connectivity index (χ1) is 7.08. The van der Waals surface area contributed by atoms with Gasteiger partial charge in [-0.3, -0.25) is 0 Å². The van der Waals surface area contributed by atoms with Crippen LogP contribution in [0.2, 0.25) is 0 Å². The van der Waals surface area contributed by atoms with Gasteiger partial charge in [-0.2, -0.15) is 0 Å². The minimum Gasteiger partial charge on any atom is -0.393 e. The molecule has 3 heteroatoms. The molecule has 1 aliphatic heterocycles. The first-order valence-corrected chi connectivity index (χ1v) is 6.13. The fourth-order valence-corrected chi connectivity index (χ4v) is 2.18. The largest absolute Gasteiger partial charge is 0.393 e. The van der Waals surface area contributed by atoms with Crippen LogP contribution in [0.3, 0.4) is 0 Å². The van der Waals surface area contributed by atoms with Gasteiger partial charge in [-0.25, -0.2) is 0 Å². The second kappa shape index (κ2) is 6.46. The normalized spacial score (nSPS) is 22.2. The molecule has 90 valence electrons. The van der Waals surface area contributed by atoms with Crippen molar-refractivity contribution in [2.75, 3.05) is 40.3 Å². The van der Waals surface area contributed by atoms with Gasteiger partial charge < -0.3 is 14.9 Å². The Morgan fingerprint density at radius 3 is 2.53 bits per heavy atom. The fraction of sp³-hybridized carbons (Fsp3) is 1.00. The Labute approximate surface area is 94.1 Å². The van der Waals surface area contributed by atoms with Crippen LogP contribution in [0.4, 0.5) is 0 Å². The van der Waals surface area contributed by atoms with E-state index >= 15 is 0 Å². The first kappa shape index (κ1) is 12.9. The molecule has 0 aromatic rings. The lowest BCUT2D eigenvalue weighted by molar-refractivity contribution is 0.143. The Morgan fingerprint density at radius 1 is 1.40 bits per heavy atom. The Morgan fingerprint density at radius 2 is 2.00 bits per heavy atom. The van der Waals surface area contributed by atoms with Gasteiger partial charge in [-0.05, 0) is 59.3 Å². The van der Waals surface area contributed by atoms with E-state index in [-0.39, 0.29) is 6.10 Å². The minimum atomic E-state index is -0.162. The molecule has 1 N–H and O–H groups in total. The van der Waals surface area contributed by atoms with E-state index in [1.165, 1.54) is 32.5 Å². The second-order valence-electron chi connectivity index (χ2n) is 5.15. The van der Waals surface area contributed by atoms with Crippen molar-refractivity contribution in [1.82, 2.24) is 9.80 Å². The van der Waals surface area contributed by atoms with Gasteiger partial charge in [0.2, 0.25) is 0 Å². The third kappa shape index (κ3) is 5.50. The predicted molar refractivity (Wildman–Crippen MR) is 64.0 cm³/mol. The van der Waals surface area contributed by atoms with Crippen LogP contribution in [-0.2, 0) is 0 Å². The van der Waals surface area contributed by atoms with E-state index in [1.807, 2.05) is 6.92 Å². The van der Waals surface area contributed by atoms with E-state index in [1.54, 1.807) is 0 Å². The van der Waals surface area contributed by atoms with Gasteiger partial charge in [-0.15, -0.1) is 0 Å². The molecule has 0 bridgehead atoms.